The normalized spacial score (nSPS) is 10.1. The van der Waals surface area contributed by atoms with Gasteiger partial charge in [-0.2, -0.15) is 0 Å². The van der Waals surface area contributed by atoms with Crippen LogP contribution in [-0.4, -0.2) is 24.7 Å². The molecule has 0 saturated heterocycles. The maximum absolute atomic E-state index is 12.3. The van der Waals surface area contributed by atoms with Crippen LogP contribution in [0.5, 0.6) is 17.2 Å². The number of carbonyl (C=O) groups is 1. The van der Waals surface area contributed by atoms with Gasteiger partial charge in [-0.05, 0) is 31.2 Å². The predicted octanol–water partition coefficient (Wildman–Crippen LogP) is 3.71. The minimum Gasteiger partial charge on any atom is -0.508 e. The molecule has 0 aliphatic heterocycles. The summed E-state index contributed by atoms with van der Waals surface area (Å²) in [6.45, 7) is 2.25. The highest BCUT2D eigenvalue weighted by atomic mass is 35.5. The Morgan fingerprint density at radius 1 is 1.32 bits per heavy atom. The number of phenolic OH excluding ortho intramolecular Hbond substituents is 1. The maximum Gasteiger partial charge on any atom is 0.255 e. The number of nitrogens with one attached hydrogen (secondary N) is 1. The fourth-order valence-electron chi connectivity index (χ4n) is 1.95. The van der Waals surface area contributed by atoms with Crippen LogP contribution in [0, 0.1) is 0 Å². The van der Waals surface area contributed by atoms with Crippen molar-refractivity contribution in [3.05, 3.63) is 47.0 Å². The van der Waals surface area contributed by atoms with E-state index < -0.39 is 0 Å². The number of amides is 1. The van der Waals surface area contributed by atoms with E-state index in [0.717, 1.165) is 0 Å². The van der Waals surface area contributed by atoms with Gasteiger partial charge in [0.05, 0.1) is 18.7 Å². The number of aromatic hydroxyl groups is 1. The third-order valence-corrected chi connectivity index (χ3v) is 3.16. The van der Waals surface area contributed by atoms with Crippen LogP contribution in [-0.2, 0) is 0 Å². The number of halogens is 1. The zero-order chi connectivity index (χ0) is 16.1. The van der Waals surface area contributed by atoms with Crippen LogP contribution < -0.4 is 14.8 Å². The van der Waals surface area contributed by atoms with E-state index >= 15 is 0 Å². The lowest BCUT2D eigenvalue weighted by atomic mass is 10.1. The second-order valence-corrected chi connectivity index (χ2v) is 4.83. The number of ether oxygens (including phenoxy) is 2. The van der Waals surface area contributed by atoms with Gasteiger partial charge in [-0.15, -0.1) is 0 Å². The smallest absolute Gasteiger partial charge is 0.255 e. The van der Waals surface area contributed by atoms with Gasteiger partial charge in [-0.25, -0.2) is 0 Å². The zero-order valence-electron chi connectivity index (χ0n) is 12.2. The van der Waals surface area contributed by atoms with Gasteiger partial charge >= 0.3 is 0 Å². The van der Waals surface area contributed by atoms with Crippen molar-refractivity contribution in [2.75, 3.05) is 19.0 Å². The van der Waals surface area contributed by atoms with Gasteiger partial charge in [-0.3, -0.25) is 4.79 Å². The summed E-state index contributed by atoms with van der Waals surface area (Å²) in [6.07, 6.45) is 0. The highest BCUT2D eigenvalue weighted by molar-refractivity contribution is 6.32. The standard InChI is InChI=1S/C16H16ClNO4/c1-3-22-14-8-10(7-13(17)15(14)21-2)16(20)18-11-5-4-6-12(19)9-11/h4-9,19H,3H2,1-2H3,(H,18,20). The Kier molecular flexibility index (Phi) is 5.12. The van der Waals surface area contributed by atoms with E-state index in [1.165, 1.54) is 25.3 Å². The quantitative estimate of drug-likeness (QED) is 0.881. The van der Waals surface area contributed by atoms with E-state index in [2.05, 4.69) is 5.32 Å². The fourth-order valence-corrected chi connectivity index (χ4v) is 2.23. The topological polar surface area (TPSA) is 67.8 Å². The van der Waals surface area contributed by atoms with E-state index in [4.69, 9.17) is 21.1 Å². The first-order chi connectivity index (χ1) is 10.5. The minimum absolute atomic E-state index is 0.0700. The molecular weight excluding hydrogens is 306 g/mol. The van der Waals surface area contributed by atoms with E-state index in [0.29, 0.717) is 29.4 Å². The highest BCUT2D eigenvalue weighted by Crippen LogP contribution is 2.36. The van der Waals surface area contributed by atoms with Crippen LogP contribution in [0.2, 0.25) is 5.02 Å². The molecule has 0 aliphatic rings. The number of methoxy groups -OCH3 is 1. The molecule has 0 fully saturated rings. The average molecular weight is 322 g/mol. The third-order valence-electron chi connectivity index (χ3n) is 2.88. The molecule has 0 bridgehead atoms. The molecule has 2 rings (SSSR count). The summed E-state index contributed by atoms with van der Waals surface area (Å²) in [5.74, 6) is 0.493. The number of anilines is 1. The van der Waals surface area contributed by atoms with Crippen molar-refractivity contribution in [2.45, 2.75) is 6.92 Å². The molecule has 2 aromatic carbocycles. The Labute approximate surface area is 133 Å². The summed E-state index contributed by atoms with van der Waals surface area (Å²) in [6, 6.07) is 9.34. The van der Waals surface area contributed by atoms with Crippen molar-refractivity contribution in [3.63, 3.8) is 0 Å². The molecule has 2 N–H and O–H groups in total. The zero-order valence-corrected chi connectivity index (χ0v) is 13.0. The van der Waals surface area contributed by atoms with E-state index in [1.54, 1.807) is 18.2 Å². The molecule has 0 atom stereocenters. The summed E-state index contributed by atoms with van der Waals surface area (Å²) in [5.41, 5.74) is 0.812. The molecule has 0 unspecified atom stereocenters. The summed E-state index contributed by atoms with van der Waals surface area (Å²) in [5, 5.41) is 12.4. The van der Waals surface area contributed by atoms with Crippen LogP contribution in [0.15, 0.2) is 36.4 Å². The Bertz CT molecular complexity index is 688. The predicted molar refractivity (Wildman–Crippen MR) is 85.2 cm³/mol. The van der Waals surface area contributed by atoms with E-state index in [1.807, 2.05) is 6.92 Å². The first kappa shape index (κ1) is 16.0. The lowest BCUT2D eigenvalue weighted by molar-refractivity contribution is 0.102. The van der Waals surface area contributed by atoms with Gasteiger partial charge in [0.2, 0.25) is 0 Å². The van der Waals surface area contributed by atoms with E-state index in [-0.39, 0.29) is 16.7 Å². The van der Waals surface area contributed by atoms with Crippen LogP contribution in [0.25, 0.3) is 0 Å². The van der Waals surface area contributed by atoms with Gasteiger partial charge < -0.3 is 19.9 Å². The molecule has 2 aromatic rings. The first-order valence-electron chi connectivity index (χ1n) is 6.66. The Morgan fingerprint density at radius 3 is 2.73 bits per heavy atom. The third kappa shape index (κ3) is 3.62. The molecule has 0 heterocycles. The highest BCUT2D eigenvalue weighted by Gasteiger charge is 2.15. The summed E-state index contributed by atoms with van der Waals surface area (Å²) < 4.78 is 10.6. The summed E-state index contributed by atoms with van der Waals surface area (Å²) >= 11 is 6.12. The van der Waals surface area contributed by atoms with Gasteiger partial charge in [0.25, 0.3) is 5.91 Å². The second-order valence-electron chi connectivity index (χ2n) is 4.43. The summed E-state index contributed by atoms with van der Waals surface area (Å²) in [7, 11) is 1.48. The average Bonchev–Trinajstić information content (AvgIpc) is 2.47. The second kappa shape index (κ2) is 7.04. The number of hydrogen-bond acceptors (Lipinski definition) is 4. The summed E-state index contributed by atoms with van der Waals surface area (Å²) in [4.78, 5) is 12.3. The number of phenols is 1. The van der Waals surface area contributed by atoms with Crippen molar-refractivity contribution in [3.8, 4) is 17.2 Å². The van der Waals surface area contributed by atoms with Crippen molar-refractivity contribution in [2.24, 2.45) is 0 Å². The maximum atomic E-state index is 12.3. The van der Waals surface area contributed by atoms with Crippen LogP contribution in [0.1, 0.15) is 17.3 Å². The molecule has 0 aliphatic carbocycles. The number of hydrogen-bond donors (Lipinski definition) is 2. The molecule has 1 amide bonds. The first-order valence-corrected chi connectivity index (χ1v) is 7.03. The molecule has 5 nitrogen and oxygen atoms in total. The number of benzene rings is 2. The molecule has 116 valence electrons. The Balaban J connectivity index is 2.29. The van der Waals surface area contributed by atoms with Crippen molar-refractivity contribution < 1.29 is 19.4 Å². The Morgan fingerprint density at radius 2 is 2.09 bits per heavy atom. The monoisotopic (exact) mass is 321 g/mol. The molecule has 0 saturated carbocycles. The molecule has 0 radical (unpaired) electrons. The molecule has 6 heteroatoms. The molecule has 0 aromatic heterocycles. The van der Waals surface area contributed by atoms with Crippen LogP contribution >= 0.6 is 11.6 Å². The van der Waals surface area contributed by atoms with E-state index in [9.17, 15) is 9.90 Å². The fraction of sp³-hybridized carbons (Fsp3) is 0.188. The Hall–Kier alpha value is -2.40. The lowest BCUT2D eigenvalue weighted by Gasteiger charge is -2.13. The van der Waals surface area contributed by atoms with Crippen LogP contribution in [0.3, 0.4) is 0 Å². The molecule has 0 spiro atoms. The van der Waals surface area contributed by atoms with Gasteiger partial charge in [-0.1, -0.05) is 17.7 Å². The number of carbonyl (C=O) groups excluding carboxylic acids is 1. The lowest BCUT2D eigenvalue weighted by Crippen LogP contribution is -2.12. The SMILES string of the molecule is CCOc1cc(C(=O)Nc2cccc(O)c2)cc(Cl)c1OC. The van der Waals surface area contributed by atoms with Crippen molar-refractivity contribution >= 4 is 23.2 Å². The molecular formula is C16H16ClNO4. The minimum atomic E-state index is -0.365. The number of rotatable bonds is 5. The van der Waals surface area contributed by atoms with Gasteiger partial charge in [0.1, 0.15) is 5.75 Å². The molecule has 22 heavy (non-hydrogen) atoms. The largest absolute Gasteiger partial charge is 0.508 e. The van der Waals surface area contributed by atoms with Crippen LogP contribution in [0.4, 0.5) is 5.69 Å². The van der Waals surface area contributed by atoms with Gasteiger partial charge in [0.15, 0.2) is 11.5 Å². The van der Waals surface area contributed by atoms with Crippen molar-refractivity contribution in [1.82, 2.24) is 0 Å². The van der Waals surface area contributed by atoms with Crippen molar-refractivity contribution in [1.29, 1.82) is 0 Å². The van der Waals surface area contributed by atoms with Gasteiger partial charge in [0, 0.05) is 17.3 Å².